The highest BCUT2D eigenvalue weighted by Gasteiger charge is 2.35. The van der Waals surface area contributed by atoms with Gasteiger partial charge in [-0.3, -0.25) is 0 Å². The molecule has 40 heavy (non-hydrogen) atoms. The van der Waals surface area contributed by atoms with Crippen LogP contribution in [0.1, 0.15) is 33.4 Å². The van der Waals surface area contributed by atoms with Crippen molar-refractivity contribution in [2.45, 2.75) is 12.8 Å². The maximum Gasteiger partial charge on any atom is 0.523 e. The molecule has 2 aliphatic rings. The molecular weight excluding hydrogens is 506 g/mol. The van der Waals surface area contributed by atoms with Crippen molar-refractivity contribution in [3.63, 3.8) is 0 Å². The van der Waals surface area contributed by atoms with Gasteiger partial charge in [-0.25, -0.2) is 8.78 Å². The van der Waals surface area contributed by atoms with Gasteiger partial charge in [0.25, 0.3) is 0 Å². The number of rotatable bonds is 2. The van der Waals surface area contributed by atoms with Crippen molar-refractivity contribution >= 4 is 11.1 Å². The molecule has 2 aliphatic carbocycles. The number of fused-ring (bicyclic) bond motifs is 2. The number of nitriles is 4. The van der Waals surface area contributed by atoms with Crippen LogP contribution < -0.4 is 10.4 Å². The number of hydrogen-bond donors (Lipinski definition) is 0. The van der Waals surface area contributed by atoms with Crippen molar-refractivity contribution in [2.75, 3.05) is 0 Å². The predicted octanol–water partition coefficient (Wildman–Crippen LogP) is 4.61. The van der Waals surface area contributed by atoms with Gasteiger partial charge in [-0.05, 0) is 69.7 Å². The van der Waals surface area contributed by atoms with Crippen LogP contribution in [0.4, 0.5) is 8.78 Å². The minimum Gasteiger partial charge on any atom is -0.207 e. The smallest absolute Gasteiger partial charge is 0.207 e. The number of benzene rings is 3. The van der Waals surface area contributed by atoms with Crippen LogP contribution in [0.3, 0.4) is 0 Å². The molecule has 3 aromatic carbocycles. The first-order chi connectivity index (χ1) is 19.4. The van der Waals surface area contributed by atoms with Gasteiger partial charge in [-0.15, -0.1) is 0 Å². The largest absolute Gasteiger partial charge is 0.523 e. The van der Waals surface area contributed by atoms with Crippen molar-refractivity contribution < 1.29 is 8.78 Å². The zero-order chi connectivity index (χ0) is 28.6. The van der Waals surface area contributed by atoms with Gasteiger partial charge < -0.3 is 0 Å². The molecule has 8 heteroatoms. The molecule has 0 unspecified atom stereocenters. The molecule has 0 aliphatic heterocycles. The zero-order valence-electron chi connectivity index (χ0n) is 20.5. The molecular formula is C32H12F2N6. The standard InChI is InChI=1S/C32H12F2N6/c1-39-32(40-2)25-12-24-27(16-38)30-23(26(15-37)31(24)29(25)18-5-9-21(34)10-6-18)11-22(19(13-35)14-36)28(30)17-3-7-20(33)8-4-17/h3-10H,11-12H2. The van der Waals surface area contributed by atoms with E-state index in [2.05, 4.69) is 21.8 Å². The molecule has 0 N–H and O–H groups in total. The second kappa shape index (κ2) is 9.86. The van der Waals surface area contributed by atoms with Crippen LogP contribution in [0.15, 0.2) is 71.1 Å². The van der Waals surface area contributed by atoms with E-state index in [-0.39, 0.29) is 35.4 Å². The molecule has 0 saturated carbocycles. The lowest BCUT2D eigenvalue weighted by Crippen LogP contribution is -2.26. The lowest BCUT2D eigenvalue weighted by molar-refractivity contribution is 0.627. The van der Waals surface area contributed by atoms with E-state index in [4.69, 9.17) is 13.1 Å². The first-order valence-electron chi connectivity index (χ1n) is 11.7. The third-order valence-electron chi connectivity index (χ3n) is 7.01. The summed E-state index contributed by atoms with van der Waals surface area (Å²) in [5.74, 6) is -1.23. The van der Waals surface area contributed by atoms with Gasteiger partial charge in [0.05, 0.1) is 16.7 Å². The second-order valence-electron chi connectivity index (χ2n) is 8.90. The molecule has 0 spiro atoms. The topological polar surface area (TPSA) is 104 Å². The maximum atomic E-state index is 13.8. The molecule has 5 rings (SSSR count). The summed E-state index contributed by atoms with van der Waals surface area (Å²) in [5.41, 5.74) is 3.25. The summed E-state index contributed by atoms with van der Waals surface area (Å²) in [6.07, 6.45) is -0.0241. The molecule has 0 saturated heterocycles. The van der Waals surface area contributed by atoms with Crippen molar-refractivity contribution in [3.8, 4) is 24.3 Å². The third-order valence-corrected chi connectivity index (χ3v) is 7.01. The Bertz CT molecular complexity index is 1920. The van der Waals surface area contributed by atoms with Crippen LogP contribution in [-0.2, 0) is 12.8 Å². The summed E-state index contributed by atoms with van der Waals surface area (Å²) in [6.45, 7) is 15.1. The fourth-order valence-electron chi connectivity index (χ4n) is 5.43. The Labute approximate surface area is 227 Å². The number of nitrogens with zero attached hydrogens (tertiary/aromatic N) is 6. The number of halogens is 2. The lowest BCUT2D eigenvalue weighted by Gasteiger charge is -2.08. The van der Waals surface area contributed by atoms with Gasteiger partial charge in [0.2, 0.25) is 0 Å². The predicted molar refractivity (Wildman–Crippen MR) is 139 cm³/mol. The minimum absolute atomic E-state index is 0.00784. The Morgan fingerprint density at radius 3 is 1.43 bits per heavy atom. The Hall–Kier alpha value is -6.32. The van der Waals surface area contributed by atoms with Crippen molar-refractivity contribution in [1.82, 2.24) is 0 Å². The summed E-state index contributed by atoms with van der Waals surface area (Å²) in [6, 6.07) is 19.0. The molecule has 0 aromatic heterocycles. The molecule has 3 aromatic rings. The molecule has 0 heterocycles. The Kier molecular flexibility index (Phi) is 6.24. The van der Waals surface area contributed by atoms with E-state index in [0.717, 1.165) is 0 Å². The van der Waals surface area contributed by atoms with Gasteiger partial charge in [-0.1, -0.05) is 24.3 Å². The summed E-state index contributed by atoms with van der Waals surface area (Å²) in [5, 5.41) is 41.1. The Balaban J connectivity index is 2.08. The van der Waals surface area contributed by atoms with Crippen LogP contribution in [0.2, 0.25) is 0 Å². The molecule has 0 radical (unpaired) electrons. The number of hydrogen-bond acceptors (Lipinski definition) is 4. The van der Waals surface area contributed by atoms with Gasteiger partial charge in [-0.2, -0.15) is 30.7 Å². The third kappa shape index (κ3) is 3.71. The average molecular weight is 518 g/mol. The van der Waals surface area contributed by atoms with E-state index in [0.29, 0.717) is 55.0 Å². The highest BCUT2D eigenvalue weighted by Crippen LogP contribution is 2.37. The first-order valence-corrected chi connectivity index (χ1v) is 11.7. The highest BCUT2D eigenvalue weighted by molar-refractivity contribution is 5.91. The first kappa shape index (κ1) is 25.3. The van der Waals surface area contributed by atoms with Gasteiger partial charge in [0, 0.05) is 16.9 Å². The van der Waals surface area contributed by atoms with E-state index in [9.17, 15) is 29.8 Å². The van der Waals surface area contributed by atoms with Crippen LogP contribution in [0.5, 0.6) is 0 Å². The molecule has 0 bridgehead atoms. The second-order valence-corrected chi connectivity index (χ2v) is 8.90. The fraction of sp³-hybridized carbons (Fsp3) is 0.0625. The van der Waals surface area contributed by atoms with Gasteiger partial charge in [0.1, 0.15) is 54.6 Å². The van der Waals surface area contributed by atoms with E-state index in [1.165, 1.54) is 48.5 Å². The summed E-state index contributed by atoms with van der Waals surface area (Å²) in [7, 11) is 0. The van der Waals surface area contributed by atoms with E-state index in [1.54, 1.807) is 0 Å². The summed E-state index contributed by atoms with van der Waals surface area (Å²) in [4.78, 5) is 6.76. The van der Waals surface area contributed by atoms with Gasteiger partial charge in [0.15, 0.2) is 0 Å². The normalized spacial score (nSPS) is 12.7. The Morgan fingerprint density at radius 2 is 1.05 bits per heavy atom. The monoisotopic (exact) mass is 518 g/mol. The highest BCUT2D eigenvalue weighted by atomic mass is 19.1. The summed E-state index contributed by atoms with van der Waals surface area (Å²) >= 11 is 0. The molecule has 0 fully saturated rings. The van der Waals surface area contributed by atoms with E-state index in [1.807, 2.05) is 12.1 Å². The van der Waals surface area contributed by atoms with Crippen LogP contribution >= 0.6 is 0 Å². The SMILES string of the molecule is [C-]#[N+]C([N+]#[C-])=C1Cc2c(C#N)c3c(c(C#N)c2=C1c1ccc(F)cc1)CC(=C(C#N)C#N)C=3c1ccc(F)cc1. The molecule has 0 amide bonds. The quantitative estimate of drug-likeness (QED) is 0.365. The van der Waals surface area contributed by atoms with E-state index < -0.39 is 11.6 Å². The summed E-state index contributed by atoms with van der Waals surface area (Å²) < 4.78 is 27.6. The van der Waals surface area contributed by atoms with Crippen LogP contribution in [0.25, 0.3) is 20.8 Å². The van der Waals surface area contributed by atoms with Gasteiger partial charge >= 0.3 is 5.82 Å². The molecule has 6 nitrogen and oxygen atoms in total. The van der Waals surface area contributed by atoms with Crippen LogP contribution in [-0.4, -0.2) is 0 Å². The van der Waals surface area contributed by atoms with Crippen LogP contribution in [0, 0.1) is 70.1 Å². The maximum absolute atomic E-state index is 13.8. The van der Waals surface area contributed by atoms with Crippen molar-refractivity contribution in [1.29, 1.82) is 21.0 Å². The fourth-order valence-corrected chi connectivity index (χ4v) is 5.43. The average Bonchev–Trinajstić information content (AvgIpc) is 3.54. The lowest BCUT2D eigenvalue weighted by atomic mass is 9.92. The van der Waals surface area contributed by atoms with E-state index >= 15 is 0 Å². The zero-order valence-corrected chi connectivity index (χ0v) is 20.5. The molecule has 0 atom stereocenters. The van der Waals surface area contributed by atoms with Crippen molar-refractivity contribution in [2.24, 2.45) is 0 Å². The molecule has 184 valence electrons. The van der Waals surface area contributed by atoms with Crippen molar-refractivity contribution in [3.05, 3.63) is 149 Å². The number of allylic oxidation sites excluding steroid dienone is 3. The minimum atomic E-state index is -0.500. The Morgan fingerprint density at radius 1 is 0.650 bits per heavy atom.